The van der Waals surface area contributed by atoms with Gasteiger partial charge in [0.1, 0.15) is 11.9 Å². The average molecular weight is 185 g/mol. The number of nitrogens with one attached hydrogen (secondary N) is 1. The van der Waals surface area contributed by atoms with Crippen molar-refractivity contribution < 1.29 is 10.0 Å². The lowest BCUT2D eigenvalue weighted by atomic mass is 10.2. The molecule has 72 valence electrons. The highest BCUT2D eigenvalue weighted by Crippen LogP contribution is 2.07. The summed E-state index contributed by atoms with van der Waals surface area (Å²) in [6.45, 7) is 0.149. The lowest BCUT2D eigenvalue weighted by molar-refractivity contribution is -0.393. The summed E-state index contributed by atoms with van der Waals surface area (Å²) in [7, 11) is 0. The lowest BCUT2D eigenvalue weighted by Crippen LogP contribution is -1.91. The summed E-state index contributed by atoms with van der Waals surface area (Å²) < 4.78 is 0. The van der Waals surface area contributed by atoms with E-state index in [4.69, 9.17) is 5.11 Å². The number of nitro groups is 1. The molecule has 1 heterocycles. The van der Waals surface area contributed by atoms with Crippen LogP contribution in [0.1, 0.15) is 18.5 Å². The maximum atomic E-state index is 10.2. The molecule has 0 spiro atoms. The van der Waals surface area contributed by atoms with Gasteiger partial charge in [0.25, 0.3) is 0 Å². The largest absolute Gasteiger partial charge is 0.432 e. The topological polar surface area (TPSA) is 92.1 Å². The molecule has 0 unspecified atom stereocenters. The highest BCUT2D eigenvalue weighted by atomic mass is 16.6. The summed E-state index contributed by atoms with van der Waals surface area (Å²) in [5.74, 6) is -0.223. The number of nitrogens with zero attached hydrogens (tertiary/aromatic N) is 2. The average Bonchev–Trinajstić information content (AvgIpc) is 2.53. The fourth-order valence-corrected chi connectivity index (χ4v) is 0.994. The van der Waals surface area contributed by atoms with Crippen LogP contribution >= 0.6 is 0 Å². The minimum absolute atomic E-state index is 0.149. The Kier molecular flexibility index (Phi) is 3.39. The van der Waals surface area contributed by atoms with Crippen LogP contribution in [-0.4, -0.2) is 26.6 Å². The summed E-state index contributed by atoms with van der Waals surface area (Å²) in [6, 6.07) is 0. The van der Waals surface area contributed by atoms with Crippen LogP contribution in [0.25, 0.3) is 0 Å². The van der Waals surface area contributed by atoms with E-state index < -0.39 is 4.92 Å². The third kappa shape index (κ3) is 2.83. The molecule has 1 aromatic heterocycles. The van der Waals surface area contributed by atoms with Crippen LogP contribution in [0.2, 0.25) is 0 Å². The number of aryl methyl sites for hydroxylation is 1. The van der Waals surface area contributed by atoms with E-state index in [0.29, 0.717) is 12.8 Å². The molecule has 0 fully saturated rings. The van der Waals surface area contributed by atoms with Crippen LogP contribution in [-0.2, 0) is 6.42 Å². The molecular weight excluding hydrogens is 174 g/mol. The quantitative estimate of drug-likeness (QED) is 0.400. The van der Waals surface area contributed by atoms with Gasteiger partial charge >= 0.3 is 5.95 Å². The van der Waals surface area contributed by atoms with E-state index >= 15 is 0 Å². The second-order valence-corrected chi connectivity index (χ2v) is 2.67. The molecule has 0 bridgehead atoms. The van der Waals surface area contributed by atoms with Crippen molar-refractivity contribution in [3.8, 4) is 0 Å². The molecule has 0 atom stereocenters. The van der Waals surface area contributed by atoms with Crippen LogP contribution in [0.5, 0.6) is 0 Å². The smallest absolute Gasteiger partial charge is 0.396 e. The monoisotopic (exact) mass is 185 g/mol. The number of H-pyrrole nitrogens is 1. The lowest BCUT2D eigenvalue weighted by Gasteiger charge is -1.92. The number of imidazole rings is 1. The second kappa shape index (κ2) is 4.56. The van der Waals surface area contributed by atoms with Gasteiger partial charge in [0.2, 0.25) is 0 Å². The first-order valence-corrected chi connectivity index (χ1v) is 4.03. The van der Waals surface area contributed by atoms with Gasteiger partial charge in [-0.05, 0) is 17.8 Å². The minimum Gasteiger partial charge on any atom is -0.396 e. The van der Waals surface area contributed by atoms with Gasteiger partial charge in [-0.2, -0.15) is 0 Å². The van der Waals surface area contributed by atoms with Crippen LogP contribution in [0.15, 0.2) is 6.20 Å². The normalized spacial score (nSPS) is 10.2. The highest BCUT2D eigenvalue weighted by molar-refractivity contribution is 5.10. The summed E-state index contributed by atoms with van der Waals surface area (Å²) in [4.78, 5) is 15.8. The second-order valence-electron chi connectivity index (χ2n) is 2.67. The van der Waals surface area contributed by atoms with Gasteiger partial charge in [-0.25, -0.2) is 4.98 Å². The Balaban J connectivity index is 2.44. The standard InChI is InChI=1S/C7H11N3O3/c11-4-2-1-3-6-5-8-7(9-6)10(12)13/h5,11H,1-4H2,(H,8,9). The first-order valence-electron chi connectivity index (χ1n) is 4.03. The van der Waals surface area contributed by atoms with Crippen molar-refractivity contribution in [1.29, 1.82) is 0 Å². The first-order chi connectivity index (χ1) is 6.24. The fraction of sp³-hybridized carbons (Fsp3) is 0.571. The molecule has 0 aliphatic carbocycles. The van der Waals surface area contributed by atoms with Gasteiger partial charge in [0.05, 0.1) is 0 Å². The molecule has 0 aliphatic rings. The molecule has 13 heavy (non-hydrogen) atoms. The Hall–Kier alpha value is -1.43. The first kappa shape index (κ1) is 9.66. The molecule has 1 aromatic rings. The third-order valence-electron chi connectivity index (χ3n) is 1.64. The van der Waals surface area contributed by atoms with E-state index in [1.165, 1.54) is 6.20 Å². The molecule has 0 amide bonds. The summed E-state index contributed by atoms with van der Waals surface area (Å²) in [6.07, 6.45) is 3.64. The Morgan fingerprint density at radius 3 is 2.92 bits per heavy atom. The predicted octanol–water partition coefficient (Wildman–Crippen LogP) is 0.633. The third-order valence-corrected chi connectivity index (χ3v) is 1.64. The molecule has 0 aliphatic heterocycles. The Bertz CT molecular complexity index is 284. The van der Waals surface area contributed by atoms with Gasteiger partial charge in [-0.15, -0.1) is 0 Å². The maximum absolute atomic E-state index is 10.2. The molecule has 6 heteroatoms. The Morgan fingerprint density at radius 2 is 2.38 bits per heavy atom. The van der Waals surface area contributed by atoms with Gasteiger partial charge < -0.3 is 15.2 Å². The Morgan fingerprint density at radius 1 is 1.62 bits per heavy atom. The zero-order chi connectivity index (χ0) is 9.68. The van der Waals surface area contributed by atoms with Crippen LogP contribution in [0.3, 0.4) is 0 Å². The zero-order valence-corrected chi connectivity index (χ0v) is 7.06. The molecule has 0 radical (unpaired) electrons. The van der Waals surface area contributed by atoms with E-state index in [0.717, 1.165) is 12.1 Å². The molecule has 1 rings (SSSR count). The molecule has 6 nitrogen and oxygen atoms in total. The van der Waals surface area contributed by atoms with Crippen molar-refractivity contribution in [2.45, 2.75) is 19.3 Å². The number of unbranched alkanes of at least 4 members (excludes halogenated alkanes) is 1. The molecule has 2 N–H and O–H groups in total. The van der Waals surface area contributed by atoms with E-state index in [1.807, 2.05) is 0 Å². The number of aliphatic hydroxyl groups excluding tert-OH is 1. The van der Waals surface area contributed by atoms with Crippen molar-refractivity contribution in [1.82, 2.24) is 9.97 Å². The van der Waals surface area contributed by atoms with Gasteiger partial charge in [-0.3, -0.25) is 0 Å². The van der Waals surface area contributed by atoms with E-state index in [9.17, 15) is 10.1 Å². The Labute approximate surface area is 74.8 Å². The number of hydrogen-bond acceptors (Lipinski definition) is 4. The van der Waals surface area contributed by atoms with Crippen molar-refractivity contribution in [3.05, 3.63) is 22.0 Å². The number of aromatic nitrogens is 2. The van der Waals surface area contributed by atoms with Crippen molar-refractivity contribution >= 4 is 5.95 Å². The van der Waals surface area contributed by atoms with Gasteiger partial charge in [-0.1, -0.05) is 4.98 Å². The predicted molar refractivity (Wildman–Crippen MR) is 45.3 cm³/mol. The number of rotatable bonds is 5. The van der Waals surface area contributed by atoms with Crippen molar-refractivity contribution in [3.63, 3.8) is 0 Å². The molecule has 0 saturated carbocycles. The van der Waals surface area contributed by atoms with Crippen molar-refractivity contribution in [2.24, 2.45) is 0 Å². The van der Waals surface area contributed by atoms with Gasteiger partial charge in [0.15, 0.2) is 0 Å². The number of hydrogen-bond donors (Lipinski definition) is 2. The minimum atomic E-state index is -0.560. The van der Waals surface area contributed by atoms with Gasteiger partial charge in [0, 0.05) is 13.0 Å². The zero-order valence-electron chi connectivity index (χ0n) is 7.06. The van der Waals surface area contributed by atoms with E-state index in [2.05, 4.69) is 9.97 Å². The van der Waals surface area contributed by atoms with Crippen LogP contribution in [0.4, 0.5) is 5.95 Å². The number of aromatic amines is 1. The molecule has 0 aromatic carbocycles. The summed E-state index contributed by atoms with van der Waals surface area (Å²) in [5.41, 5.74) is 0.736. The van der Waals surface area contributed by atoms with Crippen LogP contribution < -0.4 is 0 Å². The van der Waals surface area contributed by atoms with Crippen molar-refractivity contribution in [2.75, 3.05) is 6.61 Å². The molecule has 0 saturated heterocycles. The fourth-order valence-electron chi connectivity index (χ4n) is 0.994. The van der Waals surface area contributed by atoms with Crippen LogP contribution in [0, 0.1) is 10.1 Å². The molecular formula is C7H11N3O3. The maximum Gasteiger partial charge on any atom is 0.432 e. The summed E-state index contributed by atoms with van der Waals surface area (Å²) in [5, 5.41) is 18.7. The highest BCUT2D eigenvalue weighted by Gasteiger charge is 2.09. The SMILES string of the molecule is O=[N+]([O-])c1ncc(CCCCO)[nH]1. The van der Waals surface area contributed by atoms with E-state index in [1.54, 1.807) is 0 Å². The number of aliphatic hydroxyl groups is 1. The van der Waals surface area contributed by atoms with E-state index in [-0.39, 0.29) is 12.6 Å². The summed E-state index contributed by atoms with van der Waals surface area (Å²) >= 11 is 0.